The van der Waals surface area contributed by atoms with Crippen molar-refractivity contribution in [2.24, 2.45) is 5.73 Å². The van der Waals surface area contributed by atoms with Gasteiger partial charge >= 0.3 is 0 Å². The van der Waals surface area contributed by atoms with Crippen LogP contribution in [0.3, 0.4) is 0 Å². The topological polar surface area (TPSA) is 46.3 Å². The van der Waals surface area contributed by atoms with Crippen molar-refractivity contribution in [3.05, 3.63) is 48.0 Å². The summed E-state index contributed by atoms with van der Waals surface area (Å²) < 4.78 is 0. The summed E-state index contributed by atoms with van der Waals surface area (Å²) in [6.45, 7) is 0.614. The van der Waals surface area contributed by atoms with Crippen LogP contribution in [0.15, 0.2) is 42.5 Å². The monoisotopic (exact) mass is 254 g/mol. The van der Waals surface area contributed by atoms with Crippen molar-refractivity contribution in [2.75, 3.05) is 7.05 Å². The molecule has 3 heteroatoms. The highest BCUT2D eigenvalue weighted by Crippen LogP contribution is 2.34. The zero-order valence-electron chi connectivity index (χ0n) is 11.1. The van der Waals surface area contributed by atoms with E-state index in [9.17, 15) is 4.79 Å². The van der Waals surface area contributed by atoms with Gasteiger partial charge in [-0.25, -0.2) is 0 Å². The molecule has 0 saturated heterocycles. The van der Waals surface area contributed by atoms with Crippen molar-refractivity contribution in [1.29, 1.82) is 0 Å². The number of carbonyl (C=O) groups is 1. The fourth-order valence-electron chi connectivity index (χ4n) is 2.41. The average Bonchev–Trinajstić information content (AvgIpc) is 3.17. The minimum absolute atomic E-state index is 0.0562. The first kappa shape index (κ1) is 12.2. The second-order valence-corrected chi connectivity index (χ2v) is 5.50. The molecular formula is C16H18N2O. The standard InChI is InChI=1S/C16H18N2O/c1-18(15(19)16(17)8-9-16)11-12-6-7-13-4-2-3-5-14(13)10-12/h2-7,10H,8-9,11,17H2,1H3. The van der Waals surface area contributed by atoms with Crippen LogP contribution in [-0.2, 0) is 11.3 Å². The number of carbonyl (C=O) groups excluding carboxylic acids is 1. The van der Waals surface area contributed by atoms with Gasteiger partial charge in [-0.2, -0.15) is 0 Å². The quantitative estimate of drug-likeness (QED) is 0.913. The van der Waals surface area contributed by atoms with Gasteiger partial charge in [-0.1, -0.05) is 36.4 Å². The molecule has 1 amide bonds. The van der Waals surface area contributed by atoms with Gasteiger partial charge in [-0.15, -0.1) is 0 Å². The van der Waals surface area contributed by atoms with Crippen molar-refractivity contribution in [3.63, 3.8) is 0 Å². The Morgan fingerprint density at radius 3 is 2.58 bits per heavy atom. The second-order valence-electron chi connectivity index (χ2n) is 5.50. The summed E-state index contributed by atoms with van der Waals surface area (Å²) in [6.07, 6.45) is 1.63. The van der Waals surface area contributed by atoms with E-state index in [1.54, 1.807) is 4.90 Å². The van der Waals surface area contributed by atoms with E-state index in [0.717, 1.165) is 18.4 Å². The van der Waals surface area contributed by atoms with E-state index in [1.165, 1.54) is 10.8 Å². The first-order valence-corrected chi connectivity index (χ1v) is 6.61. The van der Waals surface area contributed by atoms with Crippen LogP contribution in [0.5, 0.6) is 0 Å². The molecule has 1 aliphatic rings. The predicted molar refractivity (Wildman–Crippen MR) is 76.6 cm³/mol. The third kappa shape index (κ3) is 2.34. The first-order chi connectivity index (χ1) is 9.08. The van der Waals surface area contributed by atoms with Gasteiger partial charge in [0.25, 0.3) is 0 Å². The zero-order chi connectivity index (χ0) is 13.5. The van der Waals surface area contributed by atoms with Gasteiger partial charge in [-0.05, 0) is 35.2 Å². The zero-order valence-corrected chi connectivity index (χ0v) is 11.1. The Labute approximate surface area is 113 Å². The fraction of sp³-hybridized carbons (Fsp3) is 0.312. The average molecular weight is 254 g/mol. The van der Waals surface area contributed by atoms with Crippen LogP contribution < -0.4 is 5.73 Å². The Bertz CT molecular complexity index is 631. The summed E-state index contributed by atoms with van der Waals surface area (Å²) in [7, 11) is 1.82. The summed E-state index contributed by atoms with van der Waals surface area (Å²) in [5.74, 6) is 0.0562. The van der Waals surface area contributed by atoms with Gasteiger partial charge in [0.05, 0.1) is 5.54 Å². The molecule has 1 fully saturated rings. The highest BCUT2D eigenvalue weighted by Gasteiger charge is 2.47. The molecule has 98 valence electrons. The molecule has 0 bridgehead atoms. The molecule has 0 aliphatic heterocycles. The number of benzene rings is 2. The Kier molecular flexibility index (Phi) is 2.79. The molecule has 0 spiro atoms. The number of nitrogens with zero attached hydrogens (tertiary/aromatic N) is 1. The number of rotatable bonds is 3. The van der Waals surface area contributed by atoms with Crippen LogP contribution in [-0.4, -0.2) is 23.4 Å². The summed E-state index contributed by atoms with van der Waals surface area (Å²) in [5, 5.41) is 2.42. The van der Waals surface area contributed by atoms with Crippen LogP contribution in [0.25, 0.3) is 10.8 Å². The van der Waals surface area contributed by atoms with Crippen molar-refractivity contribution in [3.8, 4) is 0 Å². The van der Waals surface area contributed by atoms with Gasteiger partial charge in [0.2, 0.25) is 5.91 Å². The van der Waals surface area contributed by atoms with Crippen molar-refractivity contribution in [2.45, 2.75) is 24.9 Å². The van der Waals surface area contributed by atoms with E-state index in [0.29, 0.717) is 6.54 Å². The smallest absolute Gasteiger partial charge is 0.242 e. The molecule has 1 aliphatic carbocycles. The first-order valence-electron chi connectivity index (χ1n) is 6.61. The maximum absolute atomic E-state index is 12.1. The molecule has 2 aromatic rings. The lowest BCUT2D eigenvalue weighted by atomic mass is 10.1. The third-order valence-corrected chi connectivity index (χ3v) is 3.79. The van der Waals surface area contributed by atoms with Crippen molar-refractivity contribution in [1.82, 2.24) is 4.90 Å². The molecule has 0 heterocycles. The Morgan fingerprint density at radius 1 is 1.21 bits per heavy atom. The molecule has 0 aromatic heterocycles. The molecule has 3 nitrogen and oxygen atoms in total. The van der Waals surface area contributed by atoms with E-state index in [2.05, 4.69) is 30.3 Å². The van der Waals surface area contributed by atoms with Crippen LogP contribution >= 0.6 is 0 Å². The molecule has 2 N–H and O–H groups in total. The van der Waals surface area contributed by atoms with E-state index in [1.807, 2.05) is 19.2 Å². The maximum Gasteiger partial charge on any atom is 0.242 e. The highest BCUT2D eigenvalue weighted by atomic mass is 16.2. The van der Waals surface area contributed by atoms with Crippen LogP contribution in [0.2, 0.25) is 0 Å². The molecule has 0 radical (unpaired) electrons. The lowest BCUT2D eigenvalue weighted by Crippen LogP contribution is -2.43. The second kappa shape index (κ2) is 4.35. The number of fused-ring (bicyclic) bond motifs is 1. The summed E-state index contributed by atoms with van der Waals surface area (Å²) in [4.78, 5) is 13.8. The number of amides is 1. The fourth-order valence-corrected chi connectivity index (χ4v) is 2.41. The number of hydrogen-bond donors (Lipinski definition) is 1. The van der Waals surface area contributed by atoms with Crippen LogP contribution in [0.1, 0.15) is 18.4 Å². The Hall–Kier alpha value is -1.87. The molecule has 1 saturated carbocycles. The van der Waals surface area contributed by atoms with Crippen molar-refractivity contribution < 1.29 is 4.79 Å². The van der Waals surface area contributed by atoms with E-state index >= 15 is 0 Å². The normalized spacial score (nSPS) is 16.3. The molecule has 3 rings (SSSR count). The minimum Gasteiger partial charge on any atom is -0.340 e. The van der Waals surface area contributed by atoms with Gasteiger partial charge in [0.15, 0.2) is 0 Å². The molecule has 0 unspecified atom stereocenters. The largest absolute Gasteiger partial charge is 0.340 e. The Balaban J connectivity index is 1.79. The number of likely N-dealkylation sites (N-methyl/N-ethyl adjacent to an activating group) is 1. The summed E-state index contributed by atoms with van der Waals surface area (Å²) in [6, 6.07) is 14.5. The molecule has 19 heavy (non-hydrogen) atoms. The third-order valence-electron chi connectivity index (χ3n) is 3.79. The molecular weight excluding hydrogens is 236 g/mol. The number of hydrogen-bond acceptors (Lipinski definition) is 2. The van der Waals surface area contributed by atoms with Crippen LogP contribution in [0.4, 0.5) is 0 Å². The molecule has 0 atom stereocenters. The Morgan fingerprint density at radius 2 is 1.89 bits per heavy atom. The summed E-state index contributed by atoms with van der Waals surface area (Å²) in [5.41, 5.74) is 6.50. The van der Waals surface area contributed by atoms with Crippen molar-refractivity contribution >= 4 is 16.7 Å². The van der Waals surface area contributed by atoms with E-state index in [4.69, 9.17) is 5.73 Å². The predicted octanol–water partition coefficient (Wildman–Crippen LogP) is 2.29. The summed E-state index contributed by atoms with van der Waals surface area (Å²) >= 11 is 0. The number of nitrogens with two attached hydrogens (primary N) is 1. The lowest BCUT2D eigenvalue weighted by Gasteiger charge is -2.21. The van der Waals surface area contributed by atoms with Gasteiger partial charge < -0.3 is 10.6 Å². The van der Waals surface area contributed by atoms with Gasteiger partial charge in [-0.3, -0.25) is 4.79 Å². The highest BCUT2D eigenvalue weighted by molar-refractivity contribution is 5.89. The van der Waals surface area contributed by atoms with Crippen LogP contribution in [0, 0.1) is 0 Å². The minimum atomic E-state index is -0.578. The van der Waals surface area contributed by atoms with Gasteiger partial charge in [0.1, 0.15) is 0 Å². The SMILES string of the molecule is CN(Cc1ccc2ccccc2c1)C(=O)C1(N)CC1. The van der Waals surface area contributed by atoms with E-state index in [-0.39, 0.29) is 5.91 Å². The van der Waals surface area contributed by atoms with Gasteiger partial charge in [0, 0.05) is 13.6 Å². The van der Waals surface area contributed by atoms with E-state index < -0.39 is 5.54 Å². The lowest BCUT2D eigenvalue weighted by molar-refractivity contribution is -0.132. The molecule has 2 aromatic carbocycles. The maximum atomic E-state index is 12.1.